The van der Waals surface area contributed by atoms with Crippen LogP contribution in [0.5, 0.6) is 5.75 Å². The van der Waals surface area contributed by atoms with E-state index in [1.807, 2.05) is 42.5 Å². The lowest BCUT2D eigenvalue weighted by Gasteiger charge is -2.41. The molecule has 1 heterocycles. The van der Waals surface area contributed by atoms with E-state index in [-0.39, 0.29) is 6.42 Å². The van der Waals surface area contributed by atoms with Crippen molar-refractivity contribution in [3.05, 3.63) is 54.6 Å². The van der Waals surface area contributed by atoms with Crippen LogP contribution in [0.2, 0.25) is 0 Å². The number of benzene rings is 2. The molecule has 2 N–H and O–H groups in total. The van der Waals surface area contributed by atoms with Crippen LogP contribution in [0.4, 0.5) is 0 Å². The molecule has 0 unspecified atom stereocenters. The van der Waals surface area contributed by atoms with Crippen molar-refractivity contribution < 1.29 is 14.6 Å². The van der Waals surface area contributed by atoms with E-state index in [2.05, 4.69) is 17.4 Å². The predicted octanol–water partition coefficient (Wildman–Crippen LogP) is 2.55. The molecular formula is C17H17NO3. The summed E-state index contributed by atoms with van der Waals surface area (Å²) in [5.74, 6) is -0.130. The Morgan fingerprint density at radius 1 is 1.05 bits per heavy atom. The second kappa shape index (κ2) is 5.58. The molecule has 0 bridgehead atoms. The average molecular weight is 283 g/mol. The smallest absolute Gasteiger partial charge is 0.307 e. The average Bonchev–Trinajstić information content (AvgIpc) is 2.46. The zero-order chi connectivity index (χ0) is 14.7. The van der Waals surface area contributed by atoms with Crippen LogP contribution in [0.15, 0.2) is 54.6 Å². The molecule has 3 rings (SSSR count). The number of ether oxygens (including phenoxy) is 1. The summed E-state index contributed by atoms with van der Waals surface area (Å²) in [7, 11) is 0. The number of aliphatic carboxylic acids is 1. The van der Waals surface area contributed by atoms with Crippen LogP contribution in [-0.2, 0) is 4.79 Å². The highest BCUT2D eigenvalue weighted by Crippen LogP contribution is 2.28. The summed E-state index contributed by atoms with van der Waals surface area (Å²) in [4.78, 5) is 10.9. The zero-order valence-corrected chi connectivity index (χ0v) is 11.6. The first-order valence-electron chi connectivity index (χ1n) is 6.94. The van der Waals surface area contributed by atoms with Crippen molar-refractivity contribution in [3.8, 4) is 16.9 Å². The molecule has 0 amide bonds. The van der Waals surface area contributed by atoms with Crippen LogP contribution in [0.3, 0.4) is 0 Å². The van der Waals surface area contributed by atoms with Gasteiger partial charge in [-0.2, -0.15) is 0 Å². The molecule has 2 aromatic carbocycles. The Hall–Kier alpha value is -2.33. The van der Waals surface area contributed by atoms with Gasteiger partial charge in [0, 0.05) is 13.1 Å². The zero-order valence-electron chi connectivity index (χ0n) is 11.6. The van der Waals surface area contributed by atoms with Crippen LogP contribution >= 0.6 is 0 Å². The quantitative estimate of drug-likeness (QED) is 0.885. The summed E-state index contributed by atoms with van der Waals surface area (Å²) >= 11 is 0. The lowest BCUT2D eigenvalue weighted by atomic mass is 9.92. The highest BCUT2D eigenvalue weighted by molar-refractivity contribution is 5.69. The minimum Gasteiger partial charge on any atom is -0.484 e. The maximum atomic E-state index is 10.9. The minimum atomic E-state index is -0.836. The summed E-state index contributed by atoms with van der Waals surface area (Å²) in [6.07, 6.45) is 0.0143. The fourth-order valence-corrected chi connectivity index (χ4v) is 2.51. The van der Waals surface area contributed by atoms with Gasteiger partial charge in [-0.1, -0.05) is 42.5 Å². The first-order valence-corrected chi connectivity index (χ1v) is 6.94. The van der Waals surface area contributed by atoms with Crippen molar-refractivity contribution in [2.45, 2.75) is 12.0 Å². The van der Waals surface area contributed by atoms with E-state index >= 15 is 0 Å². The lowest BCUT2D eigenvalue weighted by Crippen LogP contribution is -2.64. The van der Waals surface area contributed by atoms with Gasteiger partial charge in [-0.3, -0.25) is 4.79 Å². The third-order valence-electron chi connectivity index (χ3n) is 3.66. The van der Waals surface area contributed by atoms with Crippen LogP contribution < -0.4 is 10.1 Å². The molecule has 4 heteroatoms. The second-order valence-electron chi connectivity index (χ2n) is 5.35. The topological polar surface area (TPSA) is 58.6 Å². The number of carboxylic acids is 1. The normalized spacial score (nSPS) is 16.0. The van der Waals surface area contributed by atoms with Gasteiger partial charge in [0.2, 0.25) is 0 Å². The molecule has 1 aliphatic heterocycles. The number of carboxylic acid groups (broad SMARTS) is 1. The molecule has 21 heavy (non-hydrogen) atoms. The summed E-state index contributed by atoms with van der Waals surface area (Å²) < 4.78 is 5.90. The monoisotopic (exact) mass is 283 g/mol. The maximum Gasteiger partial charge on any atom is 0.307 e. The lowest BCUT2D eigenvalue weighted by molar-refractivity contribution is -0.143. The van der Waals surface area contributed by atoms with Crippen molar-refractivity contribution in [1.29, 1.82) is 0 Å². The van der Waals surface area contributed by atoms with E-state index in [0.29, 0.717) is 18.8 Å². The molecule has 0 aromatic heterocycles. The Kier molecular flexibility index (Phi) is 3.62. The molecular weight excluding hydrogens is 266 g/mol. The van der Waals surface area contributed by atoms with Crippen molar-refractivity contribution >= 4 is 5.97 Å². The van der Waals surface area contributed by atoms with Gasteiger partial charge in [-0.25, -0.2) is 0 Å². The van der Waals surface area contributed by atoms with Gasteiger partial charge in [0.15, 0.2) is 0 Å². The Morgan fingerprint density at radius 3 is 2.19 bits per heavy atom. The molecule has 1 aliphatic rings. The predicted molar refractivity (Wildman–Crippen MR) is 80.4 cm³/mol. The van der Waals surface area contributed by atoms with Gasteiger partial charge < -0.3 is 15.2 Å². The molecule has 0 saturated carbocycles. The minimum absolute atomic E-state index is 0.0143. The molecule has 2 aromatic rings. The van der Waals surface area contributed by atoms with Crippen LogP contribution in [0.25, 0.3) is 11.1 Å². The van der Waals surface area contributed by atoms with Gasteiger partial charge >= 0.3 is 5.97 Å². The highest BCUT2D eigenvalue weighted by atomic mass is 16.5. The van der Waals surface area contributed by atoms with Crippen molar-refractivity contribution in [2.75, 3.05) is 13.1 Å². The Labute approximate surface area is 123 Å². The van der Waals surface area contributed by atoms with Crippen LogP contribution in [0, 0.1) is 0 Å². The van der Waals surface area contributed by atoms with Crippen molar-refractivity contribution in [3.63, 3.8) is 0 Å². The fraction of sp³-hybridized carbons (Fsp3) is 0.235. The number of hydrogen-bond donors (Lipinski definition) is 2. The van der Waals surface area contributed by atoms with E-state index in [1.165, 1.54) is 0 Å². The van der Waals surface area contributed by atoms with Gasteiger partial charge in [-0.15, -0.1) is 0 Å². The van der Waals surface area contributed by atoms with Gasteiger partial charge in [-0.05, 0) is 23.3 Å². The van der Waals surface area contributed by atoms with E-state index in [1.54, 1.807) is 0 Å². The molecule has 1 saturated heterocycles. The summed E-state index contributed by atoms with van der Waals surface area (Å²) in [5.41, 5.74) is 1.65. The molecule has 0 aliphatic carbocycles. The molecule has 1 fully saturated rings. The van der Waals surface area contributed by atoms with Crippen LogP contribution in [-0.4, -0.2) is 29.8 Å². The molecule has 0 radical (unpaired) electrons. The Bertz CT molecular complexity index is 618. The second-order valence-corrected chi connectivity index (χ2v) is 5.35. The maximum absolute atomic E-state index is 10.9. The number of hydrogen-bond acceptors (Lipinski definition) is 3. The van der Waals surface area contributed by atoms with Gasteiger partial charge in [0.1, 0.15) is 11.4 Å². The standard InChI is InChI=1S/C17H17NO3/c19-16(20)10-17(11-18-12-17)21-15-8-6-14(7-9-15)13-4-2-1-3-5-13/h1-9,18H,10-12H2,(H,19,20). The number of rotatable bonds is 5. The molecule has 0 atom stereocenters. The van der Waals surface area contributed by atoms with Gasteiger partial charge in [0.25, 0.3) is 0 Å². The first-order chi connectivity index (χ1) is 10.2. The summed E-state index contributed by atoms with van der Waals surface area (Å²) in [5, 5.41) is 12.1. The first kappa shape index (κ1) is 13.6. The highest BCUT2D eigenvalue weighted by Gasteiger charge is 2.41. The largest absolute Gasteiger partial charge is 0.484 e. The van der Waals surface area contributed by atoms with E-state index < -0.39 is 11.6 Å². The third kappa shape index (κ3) is 3.06. The summed E-state index contributed by atoms with van der Waals surface area (Å²) in [6, 6.07) is 17.9. The Morgan fingerprint density at radius 2 is 1.67 bits per heavy atom. The molecule has 4 nitrogen and oxygen atoms in total. The number of carbonyl (C=O) groups is 1. The number of nitrogens with one attached hydrogen (secondary N) is 1. The van der Waals surface area contributed by atoms with E-state index in [4.69, 9.17) is 9.84 Å². The molecule has 108 valence electrons. The van der Waals surface area contributed by atoms with E-state index in [0.717, 1.165) is 11.1 Å². The Balaban J connectivity index is 1.74. The fourth-order valence-electron chi connectivity index (χ4n) is 2.51. The van der Waals surface area contributed by atoms with Crippen molar-refractivity contribution in [1.82, 2.24) is 5.32 Å². The van der Waals surface area contributed by atoms with Gasteiger partial charge in [0.05, 0.1) is 6.42 Å². The molecule has 0 spiro atoms. The third-order valence-corrected chi connectivity index (χ3v) is 3.66. The van der Waals surface area contributed by atoms with E-state index in [9.17, 15) is 4.79 Å². The summed E-state index contributed by atoms with van der Waals surface area (Å²) in [6.45, 7) is 1.14. The SMILES string of the molecule is O=C(O)CC1(Oc2ccc(-c3ccccc3)cc2)CNC1. The van der Waals surface area contributed by atoms with Crippen molar-refractivity contribution in [2.24, 2.45) is 0 Å². The van der Waals surface area contributed by atoms with Crippen LogP contribution in [0.1, 0.15) is 6.42 Å².